The third-order valence-electron chi connectivity index (χ3n) is 1.84. The molecule has 0 aliphatic carbocycles. The van der Waals surface area contributed by atoms with Crippen LogP contribution in [0, 0.1) is 5.92 Å². The van der Waals surface area contributed by atoms with Crippen molar-refractivity contribution in [3.05, 3.63) is 17.7 Å². The zero-order valence-corrected chi connectivity index (χ0v) is 9.92. The molecule has 4 nitrogen and oxygen atoms in total. The first-order valence-electron chi connectivity index (χ1n) is 4.98. The SMILES string of the molecule is C=CC(CO)Nc1nnc(CC(C)C)s1. The van der Waals surface area contributed by atoms with Crippen molar-refractivity contribution in [2.75, 3.05) is 11.9 Å². The van der Waals surface area contributed by atoms with Gasteiger partial charge >= 0.3 is 0 Å². The van der Waals surface area contributed by atoms with E-state index >= 15 is 0 Å². The van der Waals surface area contributed by atoms with Gasteiger partial charge in [-0.05, 0) is 5.92 Å². The maximum atomic E-state index is 8.96. The fourth-order valence-corrected chi connectivity index (χ4v) is 2.09. The molecule has 2 N–H and O–H groups in total. The molecule has 15 heavy (non-hydrogen) atoms. The van der Waals surface area contributed by atoms with Crippen molar-refractivity contribution >= 4 is 16.5 Å². The van der Waals surface area contributed by atoms with Crippen LogP contribution < -0.4 is 5.32 Å². The van der Waals surface area contributed by atoms with Gasteiger partial charge in [0.2, 0.25) is 5.13 Å². The Morgan fingerprint density at radius 2 is 2.27 bits per heavy atom. The molecule has 0 saturated heterocycles. The lowest BCUT2D eigenvalue weighted by atomic mass is 10.1. The summed E-state index contributed by atoms with van der Waals surface area (Å²) in [6.45, 7) is 7.93. The molecule has 0 aliphatic rings. The molecule has 1 unspecified atom stereocenters. The number of nitrogens with one attached hydrogen (secondary N) is 1. The van der Waals surface area contributed by atoms with Gasteiger partial charge in [0.1, 0.15) is 5.01 Å². The van der Waals surface area contributed by atoms with Crippen LogP contribution in [-0.4, -0.2) is 28.0 Å². The zero-order valence-electron chi connectivity index (χ0n) is 9.10. The molecule has 0 amide bonds. The van der Waals surface area contributed by atoms with Crippen LogP contribution in [0.1, 0.15) is 18.9 Å². The van der Waals surface area contributed by atoms with Crippen LogP contribution in [0.2, 0.25) is 0 Å². The van der Waals surface area contributed by atoms with Gasteiger partial charge in [0.05, 0.1) is 12.6 Å². The molecule has 84 valence electrons. The largest absolute Gasteiger partial charge is 0.394 e. The molecule has 0 radical (unpaired) electrons. The van der Waals surface area contributed by atoms with E-state index in [1.54, 1.807) is 6.08 Å². The van der Waals surface area contributed by atoms with E-state index in [9.17, 15) is 0 Å². The topological polar surface area (TPSA) is 58.0 Å². The van der Waals surface area contributed by atoms with Crippen molar-refractivity contribution in [3.8, 4) is 0 Å². The molecule has 0 spiro atoms. The maximum absolute atomic E-state index is 8.96. The van der Waals surface area contributed by atoms with E-state index in [0.29, 0.717) is 5.92 Å². The third kappa shape index (κ3) is 3.97. The maximum Gasteiger partial charge on any atom is 0.206 e. The summed E-state index contributed by atoms with van der Waals surface area (Å²) in [4.78, 5) is 0. The summed E-state index contributed by atoms with van der Waals surface area (Å²) in [5, 5.41) is 21.8. The Bertz CT molecular complexity index is 311. The smallest absolute Gasteiger partial charge is 0.206 e. The van der Waals surface area contributed by atoms with Crippen LogP contribution in [-0.2, 0) is 6.42 Å². The van der Waals surface area contributed by atoms with Crippen molar-refractivity contribution in [1.29, 1.82) is 0 Å². The van der Waals surface area contributed by atoms with Crippen LogP contribution in [0.3, 0.4) is 0 Å². The quantitative estimate of drug-likeness (QED) is 0.726. The molecule has 1 rings (SSSR count). The zero-order chi connectivity index (χ0) is 11.3. The van der Waals surface area contributed by atoms with E-state index in [4.69, 9.17) is 5.11 Å². The number of hydrogen-bond donors (Lipinski definition) is 2. The molecule has 0 bridgehead atoms. The first kappa shape index (κ1) is 12.1. The number of aliphatic hydroxyl groups is 1. The van der Waals surface area contributed by atoms with E-state index in [0.717, 1.165) is 16.6 Å². The Morgan fingerprint density at radius 1 is 1.53 bits per heavy atom. The number of hydrogen-bond acceptors (Lipinski definition) is 5. The Hall–Kier alpha value is -0.940. The fourth-order valence-electron chi connectivity index (χ4n) is 1.08. The van der Waals surface area contributed by atoms with Crippen molar-refractivity contribution in [2.45, 2.75) is 26.3 Å². The van der Waals surface area contributed by atoms with Crippen molar-refractivity contribution in [3.63, 3.8) is 0 Å². The normalized spacial score (nSPS) is 12.8. The molecule has 1 heterocycles. The Labute approximate surface area is 94.1 Å². The standard InChI is InChI=1S/C10H17N3OS/c1-4-8(6-14)11-10-13-12-9(15-10)5-7(2)3/h4,7-8,14H,1,5-6H2,2-3H3,(H,11,13). The first-order valence-corrected chi connectivity index (χ1v) is 5.79. The number of anilines is 1. The van der Waals surface area contributed by atoms with Crippen molar-refractivity contribution in [2.24, 2.45) is 5.92 Å². The van der Waals surface area contributed by atoms with E-state index in [-0.39, 0.29) is 12.6 Å². The number of aromatic nitrogens is 2. The molecule has 0 aliphatic heterocycles. The number of rotatable bonds is 6. The molecule has 0 fully saturated rings. The van der Waals surface area contributed by atoms with Gasteiger partial charge in [0.25, 0.3) is 0 Å². The third-order valence-corrected chi connectivity index (χ3v) is 2.72. The molecular weight excluding hydrogens is 210 g/mol. The summed E-state index contributed by atoms with van der Waals surface area (Å²) >= 11 is 1.53. The van der Waals surface area contributed by atoms with Gasteiger partial charge in [0, 0.05) is 6.42 Å². The lowest BCUT2D eigenvalue weighted by molar-refractivity contribution is 0.291. The molecule has 0 saturated carbocycles. The summed E-state index contributed by atoms with van der Waals surface area (Å²) in [5.41, 5.74) is 0. The second-order valence-corrected chi connectivity index (χ2v) is 4.83. The average molecular weight is 227 g/mol. The number of nitrogens with zero attached hydrogens (tertiary/aromatic N) is 2. The van der Waals surface area contributed by atoms with E-state index in [1.807, 2.05) is 0 Å². The highest BCUT2D eigenvalue weighted by Gasteiger charge is 2.08. The highest BCUT2D eigenvalue weighted by atomic mass is 32.1. The predicted octanol–water partition coefficient (Wildman–Crippen LogP) is 1.70. The number of aliphatic hydroxyl groups excluding tert-OH is 1. The van der Waals surface area contributed by atoms with Gasteiger partial charge in [-0.25, -0.2) is 0 Å². The minimum atomic E-state index is -0.148. The molecule has 1 aromatic rings. The molecular formula is C10H17N3OS. The van der Waals surface area contributed by atoms with Gasteiger partial charge in [-0.3, -0.25) is 0 Å². The van der Waals surface area contributed by atoms with Crippen LogP contribution in [0.4, 0.5) is 5.13 Å². The molecule has 0 aromatic carbocycles. The average Bonchev–Trinajstić information content (AvgIpc) is 2.61. The van der Waals surface area contributed by atoms with Crippen LogP contribution in [0.15, 0.2) is 12.7 Å². The minimum Gasteiger partial charge on any atom is -0.394 e. The fraction of sp³-hybridized carbons (Fsp3) is 0.600. The second kappa shape index (κ2) is 5.82. The summed E-state index contributed by atoms with van der Waals surface area (Å²) in [7, 11) is 0. The Morgan fingerprint density at radius 3 is 2.80 bits per heavy atom. The lowest BCUT2D eigenvalue weighted by Gasteiger charge is -2.08. The summed E-state index contributed by atoms with van der Waals surface area (Å²) in [6, 6.07) is -0.148. The highest BCUT2D eigenvalue weighted by Crippen LogP contribution is 2.18. The van der Waals surface area contributed by atoms with Crippen LogP contribution in [0.5, 0.6) is 0 Å². The summed E-state index contributed by atoms with van der Waals surface area (Å²) < 4.78 is 0. The van der Waals surface area contributed by atoms with Crippen molar-refractivity contribution < 1.29 is 5.11 Å². The monoisotopic (exact) mass is 227 g/mol. The van der Waals surface area contributed by atoms with Gasteiger partial charge in [-0.2, -0.15) is 0 Å². The van der Waals surface area contributed by atoms with Gasteiger partial charge < -0.3 is 10.4 Å². The van der Waals surface area contributed by atoms with E-state index in [2.05, 4.69) is 35.9 Å². The van der Waals surface area contributed by atoms with E-state index in [1.165, 1.54) is 11.3 Å². The summed E-state index contributed by atoms with van der Waals surface area (Å²) in [5.74, 6) is 0.582. The predicted molar refractivity (Wildman–Crippen MR) is 63.1 cm³/mol. The van der Waals surface area contributed by atoms with E-state index < -0.39 is 0 Å². The van der Waals surface area contributed by atoms with Gasteiger partial charge in [-0.1, -0.05) is 31.3 Å². The first-order chi connectivity index (χ1) is 7.15. The lowest BCUT2D eigenvalue weighted by Crippen LogP contribution is -2.20. The Kier molecular flexibility index (Phi) is 4.71. The van der Waals surface area contributed by atoms with Gasteiger partial charge in [0.15, 0.2) is 0 Å². The minimum absolute atomic E-state index is 0.0165. The highest BCUT2D eigenvalue weighted by molar-refractivity contribution is 7.15. The van der Waals surface area contributed by atoms with Crippen molar-refractivity contribution in [1.82, 2.24) is 10.2 Å². The van der Waals surface area contributed by atoms with Crippen LogP contribution in [0.25, 0.3) is 0 Å². The Balaban J connectivity index is 2.55. The van der Waals surface area contributed by atoms with Gasteiger partial charge in [-0.15, -0.1) is 16.8 Å². The summed E-state index contributed by atoms with van der Waals surface area (Å²) in [6.07, 6.45) is 2.60. The second-order valence-electron chi connectivity index (χ2n) is 3.77. The molecule has 1 aromatic heterocycles. The molecule has 5 heteroatoms. The van der Waals surface area contributed by atoms with Crippen LogP contribution >= 0.6 is 11.3 Å². The molecule has 1 atom stereocenters.